The van der Waals surface area contributed by atoms with Gasteiger partial charge in [0.15, 0.2) is 23.1 Å². The Kier molecular flexibility index (Phi) is 5.94. The lowest BCUT2D eigenvalue weighted by atomic mass is 10.2. The van der Waals surface area contributed by atoms with E-state index in [4.69, 9.17) is 9.47 Å². The number of rotatable bonds is 6. The fraction of sp³-hybridized carbons (Fsp3) is 0.292. The second-order valence-corrected chi connectivity index (χ2v) is 7.96. The van der Waals surface area contributed by atoms with Gasteiger partial charge in [0.25, 0.3) is 5.91 Å². The Bertz CT molecular complexity index is 1290. The average Bonchev–Trinajstić information content (AvgIpc) is 3.33. The van der Waals surface area contributed by atoms with Gasteiger partial charge in [-0.05, 0) is 31.2 Å². The molecule has 1 unspecified atom stereocenters. The standard InChI is InChI=1S/C24H25N7O3/c1-17(34-19-8-4-3-5-9-19)24(32)30-13-11-29(12-14-30)22-21-23(26-16-25-22)31(28-27-21)18-7-6-10-20(15-18)33-2/h3-10,15-17H,11-14H2,1-2H3. The normalized spacial score (nSPS) is 14.8. The maximum atomic E-state index is 12.9. The largest absolute Gasteiger partial charge is 0.497 e. The summed E-state index contributed by atoms with van der Waals surface area (Å²) in [7, 11) is 1.62. The van der Waals surface area contributed by atoms with Gasteiger partial charge in [0.05, 0.1) is 12.8 Å². The number of benzene rings is 2. The fourth-order valence-corrected chi connectivity index (χ4v) is 4.03. The fourth-order valence-electron chi connectivity index (χ4n) is 4.03. The van der Waals surface area contributed by atoms with Gasteiger partial charge in [0, 0.05) is 32.2 Å². The number of aromatic nitrogens is 5. The highest BCUT2D eigenvalue weighted by Gasteiger charge is 2.28. The number of hydrogen-bond acceptors (Lipinski definition) is 8. The number of piperazine rings is 1. The van der Waals surface area contributed by atoms with E-state index < -0.39 is 6.10 Å². The third-order valence-electron chi connectivity index (χ3n) is 5.81. The summed E-state index contributed by atoms with van der Waals surface area (Å²) in [5.41, 5.74) is 2.03. The predicted molar refractivity (Wildman–Crippen MR) is 126 cm³/mol. The first kappa shape index (κ1) is 21.6. The van der Waals surface area contributed by atoms with Crippen LogP contribution in [0.1, 0.15) is 6.92 Å². The molecule has 1 aliphatic heterocycles. The minimum absolute atomic E-state index is 0.0275. The molecular formula is C24H25N7O3. The smallest absolute Gasteiger partial charge is 0.263 e. The van der Waals surface area contributed by atoms with Crippen molar-refractivity contribution in [2.45, 2.75) is 13.0 Å². The molecule has 0 saturated carbocycles. The van der Waals surface area contributed by atoms with Crippen molar-refractivity contribution in [3.05, 3.63) is 60.9 Å². The van der Waals surface area contributed by atoms with E-state index in [0.29, 0.717) is 48.9 Å². The van der Waals surface area contributed by atoms with Crippen LogP contribution in [0.4, 0.5) is 5.82 Å². The van der Waals surface area contributed by atoms with Crippen LogP contribution in [0.3, 0.4) is 0 Å². The zero-order chi connectivity index (χ0) is 23.5. The quantitative estimate of drug-likeness (QED) is 0.433. The Morgan fingerprint density at radius 3 is 2.50 bits per heavy atom. The molecule has 0 bridgehead atoms. The molecule has 1 fully saturated rings. The summed E-state index contributed by atoms with van der Waals surface area (Å²) in [6, 6.07) is 16.9. The maximum absolute atomic E-state index is 12.9. The van der Waals surface area contributed by atoms with Crippen LogP contribution in [-0.4, -0.2) is 75.2 Å². The molecule has 2 aromatic carbocycles. The van der Waals surface area contributed by atoms with Crippen LogP contribution in [0.2, 0.25) is 0 Å². The Labute approximate surface area is 196 Å². The van der Waals surface area contributed by atoms with E-state index in [-0.39, 0.29) is 5.91 Å². The SMILES string of the molecule is COc1cccc(-n2nnc3c(N4CCN(C(=O)C(C)Oc5ccccc5)CC4)ncnc32)c1. The molecule has 1 amide bonds. The molecule has 3 heterocycles. The molecule has 0 N–H and O–H groups in total. The molecule has 1 saturated heterocycles. The van der Waals surface area contributed by atoms with Gasteiger partial charge < -0.3 is 19.3 Å². The van der Waals surface area contributed by atoms with Crippen molar-refractivity contribution >= 4 is 22.9 Å². The Morgan fingerprint density at radius 2 is 1.74 bits per heavy atom. The molecule has 0 spiro atoms. The highest BCUT2D eigenvalue weighted by molar-refractivity contribution is 5.84. The third-order valence-corrected chi connectivity index (χ3v) is 5.81. The van der Waals surface area contributed by atoms with Crippen LogP contribution in [-0.2, 0) is 4.79 Å². The van der Waals surface area contributed by atoms with Crippen LogP contribution < -0.4 is 14.4 Å². The first-order valence-corrected chi connectivity index (χ1v) is 11.1. The summed E-state index contributed by atoms with van der Waals surface area (Å²) < 4.78 is 12.8. The Balaban J connectivity index is 1.29. The van der Waals surface area contributed by atoms with Crippen molar-refractivity contribution < 1.29 is 14.3 Å². The van der Waals surface area contributed by atoms with Gasteiger partial charge in [0.1, 0.15) is 17.8 Å². The zero-order valence-electron chi connectivity index (χ0n) is 19.0. The van der Waals surface area contributed by atoms with Crippen molar-refractivity contribution in [3.8, 4) is 17.2 Å². The van der Waals surface area contributed by atoms with E-state index in [0.717, 1.165) is 11.4 Å². The van der Waals surface area contributed by atoms with Crippen molar-refractivity contribution in [3.63, 3.8) is 0 Å². The van der Waals surface area contributed by atoms with Crippen molar-refractivity contribution in [2.24, 2.45) is 0 Å². The van der Waals surface area contributed by atoms with E-state index in [2.05, 4.69) is 25.2 Å². The lowest BCUT2D eigenvalue weighted by Crippen LogP contribution is -2.52. The number of carbonyl (C=O) groups is 1. The number of hydrogen-bond donors (Lipinski definition) is 0. The predicted octanol–water partition coefficient (Wildman–Crippen LogP) is 2.34. The Hall–Kier alpha value is -4.21. The van der Waals surface area contributed by atoms with Gasteiger partial charge in [-0.25, -0.2) is 9.97 Å². The first-order chi connectivity index (χ1) is 16.6. The maximum Gasteiger partial charge on any atom is 0.263 e. The van der Waals surface area contributed by atoms with E-state index in [9.17, 15) is 4.79 Å². The summed E-state index contributed by atoms with van der Waals surface area (Å²) in [5, 5.41) is 8.66. The number of para-hydroxylation sites is 1. The molecule has 5 rings (SSSR count). The van der Waals surface area contributed by atoms with E-state index >= 15 is 0 Å². The van der Waals surface area contributed by atoms with Gasteiger partial charge in [-0.2, -0.15) is 4.68 Å². The van der Waals surface area contributed by atoms with Gasteiger partial charge in [-0.1, -0.05) is 29.5 Å². The van der Waals surface area contributed by atoms with E-state index in [1.54, 1.807) is 18.7 Å². The topological polar surface area (TPSA) is 98.5 Å². The number of fused-ring (bicyclic) bond motifs is 1. The number of ether oxygens (including phenoxy) is 2. The molecule has 34 heavy (non-hydrogen) atoms. The van der Waals surface area contributed by atoms with Gasteiger partial charge >= 0.3 is 0 Å². The summed E-state index contributed by atoms with van der Waals surface area (Å²) in [6.07, 6.45) is 0.966. The molecule has 174 valence electrons. The summed E-state index contributed by atoms with van der Waals surface area (Å²) in [6.45, 7) is 4.17. The molecule has 10 nitrogen and oxygen atoms in total. The van der Waals surface area contributed by atoms with Crippen LogP contribution in [0.5, 0.6) is 11.5 Å². The highest BCUT2D eigenvalue weighted by Crippen LogP contribution is 2.25. The summed E-state index contributed by atoms with van der Waals surface area (Å²) in [5.74, 6) is 2.09. The molecular weight excluding hydrogens is 434 g/mol. The number of amides is 1. The van der Waals surface area contributed by atoms with Gasteiger partial charge in [-0.15, -0.1) is 5.10 Å². The number of nitrogens with zero attached hydrogens (tertiary/aromatic N) is 7. The second-order valence-electron chi connectivity index (χ2n) is 7.96. The molecule has 10 heteroatoms. The summed E-state index contributed by atoms with van der Waals surface area (Å²) in [4.78, 5) is 25.7. The van der Waals surface area contributed by atoms with Crippen molar-refractivity contribution in [1.29, 1.82) is 0 Å². The molecule has 1 aliphatic rings. The van der Waals surface area contributed by atoms with E-state index in [1.165, 1.54) is 6.33 Å². The van der Waals surface area contributed by atoms with Crippen LogP contribution in [0.15, 0.2) is 60.9 Å². The number of methoxy groups -OCH3 is 1. The first-order valence-electron chi connectivity index (χ1n) is 11.1. The molecule has 4 aromatic rings. The highest BCUT2D eigenvalue weighted by atomic mass is 16.5. The summed E-state index contributed by atoms with van der Waals surface area (Å²) >= 11 is 0. The lowest BCUT2D eigenvalue weighted by molar-refractivity contribution is -0.138. The molecule has 1 atom stereocenters. The van der Waals surface area contributed by atoms with Crippen LogP contribution >= 0.6 is 0 Å². The van der Waals surface area contributed by atoms with Crippen LogP contribution in [0, 0.1) is 0 Å². The zero-order valence-corrected chi connectivity index (χ0v) is 19.0. The third kappa shape index (κ3) is 4.21. The second kappa shape index (κ2) is 9.34. The molecule has 2 aromatic heterocycles. The molecule has 0 radical (unpaired) electrons. The average molecular weight is 460 g/mol. The van der Waals surface area contributed by atoms with Gasteiger partial charge in [-0.3, -0.25) is 4.79 Å². The number of anilines is 1. The number of carbonyl (C=O) groups excluding carboxylic acids is 1. The van der Waals surface area contributed by atoms with E-state index in [1.807, 2.05) is 59.5 Å². The van der Waals surface area contributed by atoms with Crippen molar-refractivity contribution in [1.82, 2.24) is 29.9 Å². The minimum Gasteiger partial charge on any atom is -0.497 e. The molecule has 0 aliphatic carbocycles. The monoisotopic (exact) mass is 459 g/mol. The Morgan fingerprint density at radius 1 is 0.971 bits per heavy atom. The van der Waals surface area contributed by atoms with Crippen LogP contribution in [0.25, 0.3) is 16.9 Å². The lowest BCUT2D eigenvalue weighted by Gasteiger charge is -2.36. The van der Waals surface area contributed by atoms with Gasteiger partial charge in [0.2, 0.25) is 0 Å². The minimum atomic E-state index is -0.553. The van der Waals surface area contributed by atoms with Crippen molar-refractivity contribution in [2.75, 3.05) is 38.2 Å².